The van der Waals surface area contributed by atoms with Crippen LogP contribution in [0.2, 0.25) is 0 Å². The number of carbonyl (C=O) groups is 1. The molecule has 5 nitrogen and oxygen atoms in total. The van der Waals surface area contributed by atoms with Crippen LogP contribution < -0.4 is 11.1 Å². The van der Waals surface area contributed by atoms with E-state index in [1.165, 1.54) is 0 Å². The highest BCUT2D eigenvalue weighted by atomic mass is 19.3. The molecule has 1 aromatic heterocycles. The molecule has 1 aromatic rings. The predicted octanol–water partition coefficient (Wildman–Crippen LogP) is 1.54. The first kappa shape index (κ1) is 14.4. The van der Waals surface area contributed by atoms with Crippen LogP contribution in [0.3, 0.4) is 0 Å². The van der Waals surface area contributed by atoms with Crippen LogP contribution in [-0.4, -0.2) is 33.7 Å². The average Bonchev–Trinajstić information content (AvgIpc) is 3.00. The molecule has 1 heterocycles. The molecule has 7 heteroatoms. The maximum atomic E-state index is 13.1. The van der Waals surface area contributed by atoms with Gasteiger partial charge in [-0.2, -0.15) is 5.10 Å². The Hall–Kier alpha value is -1.50. The van der Waals surface area contributed by atoms with Gasteiger partial charge in [-0.05, 0) is 25.3 Å². The van der Waals surface area contributed by atoms with Gasteiger partial charge < -0.3 is 11.1 Å². The smallest absolute Gasteiger partial charge is 0.272 e. The van der Waals surface area contributed by atoms with E-state index in [4.69, 9.17) is 5.73 Å². The van der Waals surface area contributed by atoms with Crippen LogP contribution in [-0.2, 0) is 7.05 Å². The predicted molar refractivity (Wildman–Crippen MR) is 73.2 cm³/mol. The number of amides is 1. The molecule has 0 bridgehead atoms. The van der Waals surface area contributed by atoms with Crippen molar-refractivity contribution in [3.05, 3.63) is 17.5 Å². The van der Waals surface area contributed by atoms with Crippen molar-refractivity contribution in [3.8, 4) is 0 Å². The summed E-state index contributed by atoms with van der Waals surface area (Å²) in [7, 11) is 1.79. The Kier molecular flexibility index (Phi) is 3.47. The zero-order valence-electron chi connectivity index (χ0n) is 12.0. The Morgan fingerprint density at radius 2 is 2.10 bits per heavy atom. The van der Waals surface area contributed by atoms with Gasteiger partial charge in [0.25, 0.3) is 5.91 Å². The van der Waals surface area contributed by atoms with Crippen molar-refractivity contribution in [1.29, 1.82) is 0 Å². The molecule has 2 saturated carbocycles. The second kappa shape index (κ2) is 5.05. The van der Waals surface area contributed by atoms with E-state index in [0.717, 1.165) is 12.1 Å². The third kappa shape index (κ3) is 3.07. The first-order chi connectivity index (χ1) is 9.85. The second-order valence-corrected chi connectivity index (χ2v) is 6.19. The number of halogens is 2. The number of alkyl halides is 2. The molecule has 2 aliphatic carbocycles. The molecule has 2 aliphatic rings. The number of hydrogen-bond donors (Lipinski definition) is 2. The topological polar surface area (TPSA) is 72.9 Å². The van der Waals surface area contributed by atoms with Crippen LogP contribution in [0.1, 0.15) is 54.2 Å². The summed E-state index contributed by atoms with van der Waals surface area (Å²) in [5.41, 5.74) is 7.11. The lowest BCUT2D eigenvalue weighted by molar-refractivity contribution is -0.0399. The monoisotopic (exact) mass is 298 g/mol. The van der Waals surface area contributed by atoms with Gasteiger partial charge in [-0.25, -0.2) is 8.78 Å². The maximum Gasteiger partial charge on any atom is 0.272 e. The van der Waals surface area contributed by atoms with Crippen molar-refractivity contribution in [2.24, 2.45) is 12.8 Å². The van der Waals surface area contributed by atoms with Gasteiger partial charge in [0.2, 0.25) is 5.92 Å². The van der Waals surface area contributed by atoms with Gasteiger partial charge in [-0.3, -0.25) is 9.48 Å². The van der Waals surface area contributed by atoms with Gasteiger partial charge in [-0.15, -0.1) is 0 Å². The molecule has 0 aliphatic heterocycles. The molecular weight excluding hydrogens is 278 g/mol. The summed E-state index contributed by atoms with van der Waals surface area (Å²) in [4.78, 5) is 12.2. The Morgan fingerprint density at radius 1 is 1.48 bits per heavy atom. The minimum absolute atomic E-state index is 0.150. The van der Waals surface area contributed by atoms with Crippen LogP contribution in [0, 0.1) is 0 Å². The quantitative estimate of drug-likeness (QED) is 0.889. The molecule has 0 spiro atoms. The average molecular weight is 298 g/mol. The number of rotatable bonds is 3. The second-order valence-electron chi connectivity index (χ2n) is 6.19. The molecule has 0 saturated heterocycles. The summed E-state index contributed by atoms with van der Waals surface area (Å²) in [5.74, 6) is -2.60. The number of nitrogens with two attached hydrogens (primary N) is 1. The lowest BCUT2D eigenvalue weighted by Gasteiger charge is -2.28. The van der Waals surface area contributed by atoms with Gasteiger partial charge in [0, 0.05) is 43.6 Å². The van der Waals surface area contributed by atoms with Gasteiger partial charge >= 0.3 is 0 Å². The number of carbonyl (C=O) groups excluding carboxylic acids is 1. The molecule has 2 atom stereocenters. The summed E-state index contributed by atoms with van der Waals surface area (Å²) in [5, 5.41) is 7.01. The highest BCUT2D eigenvalue weighted by Crippen LogP contribution is 2.39. The number of aryl methyl sites for hydroxylation is 1. The molecule has 0 aromatic carbocycles. The van der Waals surface area contributed by atoms with Crippen molar-refractivity contribution in [1.82, 2.24) is 15.1 Å². The molecule has 3 rings (SSSR count). The van der Waals surface area contributed by atoms with Crippen LogP contribution >= 0.6 is 0 Å². The van der Waals surface area contributed by atoms with Gasteiger partial charge in [0.05, 0.1) is 0 Å². The molecule has 3 N–H and O–H groups in total. The van der Waals surface area contributed by atoms with Crippen molar-refractivity contribution < 1.29 is 13.6 Å². The largest absolute Gasteiger partial charge is 0.348 e. The Balaban J connectivity index is 1.61. The minimum Gasteiger partial charge on any atom is -0.348 e. The number of nitrogens with zero attached hydrogens (tertiary/aromatic N) is 2. The van der Waals surface area contributed by atoms with Crippen LogP contribution in [0.4, 0.5) is 8.78 Å². The van der Waals surface area contributed by atoms with Gasteiger partial charge in [-0.1, -0.05) is 0 Å². The summed E-state index contributed by atoms with van der Waals surface area (Å²) < 4.78 is 27.9. The molecule has 2 fully saturated rings. The highest BCUT2D eigenvalue weighted by Gasteiger charge is 2.38. The Bertz CT molecular complexity index is 547. The Labute approximate surface area is 121 Å². The standard InChI is InChI=1S/C14H20F2N4O/c1-20-12(9-6-10(9)17)7-11(19-20)13(21)18-8-2-4-14(15,16)5-3-8/h7-10H,2-6,17H2,1H3,(H,18,21)/t9-,10-/m1/s1. The lowest BCUT2D eigenvalue weighted by Crippen LogP contribution is -2.40. The normalized spacial score (nSPS) is 28.4. The molecule has 0 unspecified atom stereocenters. The van der Waals surface area contributed by atoms with Crippen LogP contribution in [0.25, 0.3) is 0 Å². The van der Waals surface area contributed by atoms with E-state index in [-0.39, 0.29) is 36.8 Å². The van der Waals surface area contributed by atoms with Crippen LogP contribution in [0.5, 0.6) is 0 Å². The third-order valence-corrected chi connectivity index (χ3v) is 4.42. The van der Waals surface area contributed by atoms with Crippen molar-refractivity contribution in [2.75, 3.05) is 0 Å². The summed E-state index contributed by atoms with van der Waals surface area (Å²) in [6, 6.07) is 1.72. The van der Waals surface area contributed by atoms with E-state index in [1.807, 2.05) is 0 Å². The molecule has 1 amide bonds. The van der Waals surface area contributed by atoms with E-state index >= 15 is 0 Å². The van der Waals surface area contributed by atoms with Crippen molar-refractivity contribution in [3.63, 3.8) is 0 Å². The zero-order chi connectivity index (χ0) is 15.2. The van der Waals surface area contributed by atoms with Gasteiger partial charge in [0.1, 0.15) is 5.69 Å². The zero-order valence-corrected chi connectivity index (χ0v) is 12.0. The SMILES string of the molecule is Cn1nc(C(=O)NC2CCC(F)(F)CC2)cc1[C@@H]1C[C@H]1N. The number of hydrogen-bond acceptors (Lipinski definition) is 3. The van der Waals surface area contributed by atoms with E-state index in [1.54, 1.807) is 17.8 Å². The molecule has 116 valence electrons. The molecule has 21 heavy (non-hydrogen) atoms. The Morgan fingerprint density at radius 3 is 2.67 bits per heavy atom. The fraction of sp³-hybridized carbons (Fsp3) is 0.714. The first-order valence-corrected chi connectivity index (χ1v) is 7.34. The van der Waals surface area contributed by atoms with E-state index in [2.05, 4.69) is 10.4 Å². The van der Waals surface area contributed by atoms with E-state index in [0.29, 0.717) is 18.5 Å². The van der Waals surface area contributed by atoms with Gasteiger partial charge in [0.15, 0.2) is 0 Å². The summed E-state index contributed by atoms with van der Waals surface area (Å²) >= 11 is 0. The summed E-state index contributed by atoms with van der Waals surface area (Å²) in [6.45, 7) is 0. The fourth-order valence-electron chi connectivity index (χ4n) is 2.94. The number of aromatic nitrogens is 2. The van der Waals surface area contributed by atoms with E-state index in [9.17, 15) is 13.6 Å². The number of nitrogens with one attached hydrogen (secondary N) is 1. The summed E-state index contributed by atoms with van der Waals surface area (Å²) in [6.07, 6.45) is 1.21. The van der Waals surface area contributed by atoms with Crippen molar-refractivity contribution >= 4 is 5.91 Å². The highest BCUT2D eigenvalue weighted by molar-refractivity contribution is 5.92. The minimum atomic E-state index is -2.58. The van der Waals surface area contributed by atoms with Crippen molar-refractivity contribution in [2.45, 2.75) is 56.0 Å². The van der Waals surface area contributed by atoms with E-state index < -0.39 is 5.92 Å². The first-order valence-electron chi connectivity index (χ1n) is 7.34. The lowest BCUT2D eigenvalue weighted by atomic mass is 9.92. The van der Waals surface area contributed by atoms with Crippen LogP contribution in [0.15, 0.2) is 6.07 Å². The maximum absolute atomic E-state index is 13.1. The molecule has 0 radical (unpaired) electrons. The molecular formula is C14H20F2N4O. The fourth-order valence-corrected chi connectivity index (χ4v) is 2.94. The third-order valence-electron chi connectivity index (χ3n) is 4.42.